The summed E-state index contributed by atoms with van der Waals surface area (Å²) in [5.41, 5.74) is 0. The van der Waals surface area contributed by atoms with Crippen molar-refractivity contribution in [3.63, 3.8) is 0 Å². The van der Waals surface area contributed by atoms with E-state index in [0.29, 0.717) is 23.9 Å². The zero-order valence-corrected chi connectivity index (χ0v) is 51.5. The van der Waals surface area contributed by atoms with Crippen molar-refractivity contribution in [3.05, 3.63) is 134 Å². The minimum absolute atomic E-state index is 0.0223. The monoisotopic (exact) mass is 1100 g/mol. The average molecular weight is 1100 g/mol. The van der Waals surface area contributed by atoms with Gasteiger partial charge in [0.15, 0.2) is 0 Å². The lowest BCUT2D eigenvalue weighted by atomic mass is 10.0. The topological polar surface area (TPSA) is 111 Å². The van der Waals surface area contributed by atoms with Crippen LogP contribution in [0.5, 0.6) is 0 Å². The molecule has 0 aromatic rings. The predicted molar refractivity (Wildman–Crippen MR) is 336 cm³/mol. The number of carbonyl (C=O) groups is 2. The first-order valence-corrected chi connectivity index (χ1v) is 32.6. The summed E-state index contributed by atoms with van der Waals surface area (Å²) >= 11 is 0. The van der Waals surface area contributed by atoms with E-state index in [4.69, 9.17) is 13.8 Å². The van der Waals surface area contributed by atoms with Crippen molar-refractivity contribution in [3.8, 4) is 0 Å². The number of ether oxygens (including phenoxy) is 1. The van der Waals surface area contributed by atoms with Crippen LogP contribution in [-0.2, 0) is 27.9 Å². The lowest BCUT2D eigenvalue weighted by Gasteiger charge is -2.27. The zero-order chi connectivity index (χ0) is 57.2. The van der Waals surface area contributed by atoms with Gasteiger partial charge in [-0.3, -0.25) is 18.6 Å². The summed E-state index contributed by atoms with van der Waals surface area (Å²) in [6, 6.07) is -0.883. The van der Waals surface area contributed by atoms with E-state index in [9.17, 15) is 19.0 Å². The first kappa shape index (κ1) is 74.2. The molecule has 1 amide bonds. The van der Waals surface area contributed by atoms with Gasteiger partial charge in [0.2, 0.25) is 5.91 Å². The number of quaternary nitrogens is 1. The lowest BCUT2D eigenvalue weighted by molar-refractivity contribution is -0.870. The first-order chi connectivity index (χ1) is 37.9. The number of esters is 1. The van der Waals surface area contributed by atoms with Crippen LogP contribution in [0.25, 0.3) is 0 Å². The molecular weight excluding hydrogens is 988 g/mol. The molecule has 0 fully saturated rings. The van der Waals surface area contributed by atoms with Gasteiger partial charge in [-0.15, -0.1) is 0 Å². The van der Waals surface area contributed by atoms with Gasteiger partial charge in [0, 0.05) is 12.8 Å². The van der Waals surface area contributed by atoms with E-state index >= 15 is 0 Å². The van der Waals surface area contributed by atoms with E-state index in [1.807, 2.05) is 94.1 Å². The highest BCUT2D eigenvalue weighted by molar-refractivity contribution is 7.47. The second-order valence-electron chi connectivity index (χ2n) is 21.6. The second kappa shape index (κ2) is 56.4. The molecule has 0 aliphatic heterocycles. The van der Waals surface area contributed by atoms with Gasteiger partial charge < -0.3 is 19.4 Å². The van der Waals surface area contributed by atoms with Crippen LogP contribution in [0, 0.1) is 0 Å². The number of carbonyl (C=O) groups excluding carboxylic acids is 2. The number of allylic oxidation sites excluding steroid dienone is 21. The Kier molecular flexibility index (Phi) is 53.6. The molecule has 444 valence electrons. The molecule has 0 spiro atoms. The molecule has 3 atom stereocenters. The van der Waals surface area contributed by atoms with Crippen LogP contribution in [0.15, 0.2) is 134 Å². The third-order valence-corrected chi connectivity index (χ3v) is 14.0. The van der Waals surface area contributed by atoms with Crippen molar-refractivity contribution in [2.45, 2.75) is 245 Å². The number of phosphoric acid groups is 1. The van der Waals surface area contributed by atoms with Gasteiger partial charge >= 0.3 is 13.8 Å². The fraction of sp³-hybridized carbons (Fsp3) is 0.647. The van der Waals surface area contributed by atoms with Gasteiger partial charge in [-0.1, -0.05) is 258 Å². The quantitative estimate of drug-likeness (QED) is 0.0156. The molecule has 0 radical (unpaired) electrons. The summed E-state index contributed by atoms with van der Waals surface area (Å²) in [5.74, 6) is -0.578. The molecule has 0 saturated carbocycles. The summed E-state index contributed by atoms with van der Waals surface area (Å²) in [6.07, 6.45) is 80.2. The standard InChI is InChI=1S/C68H115N2O7P/c1-7-10-13-16-19-22-25-28-30-32-33-34-35-36-37-39-40-42-45-48-51-54-57-60-67(71)69-65(64-76-78(73,74)75-63-62-70(4,5)6)66(59-56-53-50-47-44-27-24-21-18-15-12-9-3)77-68(72)61-58-55-52-49-46-43-41-38-31-29-26-23-20-17-14-11-8-2/h11,14,17,19-20,22-23,26,28-31,33-34,36-38,41,43,46,56,59,65-66H,7-10,12-13,15-16,18,21,24-25,27,32,35,39-40,42,44-45,47-55,57-58,60-64H2,1-6H3,(H-,69,71,73,74)/p+1/b14-11-,20-17+,22-19-,26-23+,30-28-,31-29-,34-33-,37-36-,41-38+,46-43+,59-56-. The Hall–Kier alpha value is -3.85. The van der Waals surface area contributed by atoms with E-state index in [0.717, 1.165) is 96.3 Å². The van der Waals surface area contributed by atoms with Crippen LogP contribution in [0.4, 0.5) is 0 Å². The molecule has 9 nitrogen and oxygen atoms in total. The molecule has 0 heterocycles. The number of nitrogens with zero attached hydrogens (tertiary/aromatic N) is 1. The normalized spacial score (nSPS) is 14.6. The number of amides is 1. The molecule has 10 heteroatoms. The Bertz CT molecular complexity index is 1800. The van der Waals surface area contributed by atoms with E-state index in [-0.39, 0.29) is 31.5 Å². The van der Waals surface area contributed by atoms with Crippen molar-refractivity contribution in [2.75, 3.05) is 40.9 Å². The highest BCUT2D eigenvalue weighted by atomic mass is 31.2. The van der Waals surface area contributed by atoms with Gasteiger partial charge in [-0.2, -0.15) is 0 Å². The Labute approximate surface area is 479 Å². The zero-order valence-electron chi connectivity index (χ0n) is 50.6. The molecule has 0 saturated heterocycles. The molecule has 0 aliphatic rings. The molecule has 0 aliphatic carbocycles. The predicted octanol–water partition coefficient (Wildman–Crippen LogP) is 19.3. The summed E-state index contributed by atoms with van der Waals surface area (Å²) in [4.78, 5) is 37.7. The van der Waals surface area contributed by atoms with Crippen LogP contribution in [-0.4, -0.2) is 74.3 Å². The lowest BCUT2D eigenvalue weighted by Crippen LogP contribution is -2.47. The van der Waals surface area contributed by atoms with Crippen molar-refractivity contribution in [1.29, 1.82) is 0 Å². The van der Waals surface area contributed by atoms with Gasteiger partial charge in [0.25, 0.3) is 0 Å². The molecule has 3 unspecified atom stereocenters. The smallest absolute Gasteiger partial charge is 0.456 e. The maximum atomic E-state index is 13.6. The number of rotatable bonds is 54. The van der Waals surface area contributed by atoms with Gasteiger partial charge in [-0.25, -0.2) is 4.57 Å². The molecule has 0 rings (SSSR count). The Morgan fingerprint density at radius 1 is 0.474 bits per heavy atom. The minimum Gasteiger partial charge on any atom is -0.456 e. The van der Waals surface area contributed by atoms with Gasteiger partial charge in [0.1, 0.15) is 19.3 Å². The van der Waals surface area contributed by atoms with Crippen molar-refractivity contribution < 1.29 is 37.3 Å². The van der Waals surface area contributed by atoms with Crippen molar-refractivity contribution in [1.82, 2.24) is 5.32 Å². The van der Waals surface area contributed by atoms with E-state index in [1.165, 1.54) is 96.3 Å². The number of likely N-dealkylation sites (N-methyl/N-ethyl adjacent to an activating group) is 1. The molecule has 2 N–H and O–H groups in total. The maximum Gasteiger partial charge on any atom is 0.472 e. The first-order valence-electron chi connectivity index (χ1n) is 31.1. The highest BCUT2D eigenvalue weighted by Gasteiger charge is 2.30. The largest absolute Gasteiger partial charge is 0.472 e. The van der Waals surface area contributed by atoms with Crippen LogP contribution in [0.3, 0.4) is 0 Å². The highest BCUT2D eigenvalue weighted by Crippen LogP contribution is 2.43. The van der Waals surface area contributed by atoms with Crippen LogP contribution < -0.4 is 5.32 Å². The fourth-order valence-corrected chi connectivity index (χ4v) is 8.93. The third-order valence-electron chi connectivity index (χ3n) is 13.0. The molecule has 0 aromatic heterocycles. The van der Waals surface area contributed by atoms with Crippen LogP contribution in [0.2, 0.25) is 0 Å². The van der Waals surface area contributed by atoms with Crippen molar-refractivity contribution >= 4 is 19.7 Å². The summed E-state index contributed by atoms with van der Waals surface area (Å²) in [6.45, 7) is 6.78. The number of unbranched alkanes of at least 4 members (excludes halogenated alkanes) is 23. The van der Waals surface area contributed by atoms with Crippen molar-refractivity contribution in [2.24, 2.45) is 0 Å². The minimum atomic E-state index is -4.47. The van der Waals surface area contributed by atoms with E-state index in [1.54, 1.807) is 0 Å². The van der Waals surface area contributed by atoms with Gasteiger partial charge in [0.05, 0.1) is 33.8 Å². The molecule has 0 aromatic carbocycles. The summed E-state index contributed by atoms with van der Waals surface area (Å²) < 4.78 is 30.6. The van der Waals surface area contributed by atoms with E-state index < -0.39 is 20.0 Å². The Balaban J connectivity index is 5.34. The molecule has 78 heavy (non-hydrogen) atoms. The summed E-state index contributed by atoms with van der Waals surface area (Å²) in [5, 5.41) is 3.04. The SMILES string of the molecule is CC\C=C/C=C/C=C/C=C\C=C\C=C\CCCCCC(=O)OC(/C=C\CCCCCCCCCCCC)C(COP(=O)(O)OCC[N+](C)(C)C)NC(=O)CCCCCCCCC/C=C\C/C=C\C/C=C\C/C=C\CCCCC. The number of nitrogens with one attached hydrogen (secondary N) is 1. The molecule has 0 bridgehead atoms. The van der Waals surface area contributed by atoms with Crippen LogP contribution in [0.1, 0.15) is 233 Å². The fourth-order valence-electron chi connectivity index (χ4n) is 8.19. The number of hydrogen-bond acceptors (Lipinski definition) is 6. The number of phosphoric ester groups is 1. The Morgan fingerprint density at radius 2 is 0.872 bits per heavy atom. The average Bonchev–Trinajstić information content (AvgIpc) is 3.40. The second-order valence-corrected chi connectivity index (χ2v) is 23.1. The third kappa shape index (κ3) is 56.9. The summed E-state index contributed by atoms with van der Waals surface area (Å²) in [7, 11) is 1.44. The van der Waals surface area contributed by atoms with E-state index in [2.05, 4.69) is 86.8 Å². The maximum absolute atomic E-state index is 13.6. The van der Waals surface area contributed by atoms with Gasteiger partial charge in [-0.05, 0) is 96.0 Å². The van der Waals surface area contributed by atoms with Crippen LogP contribution >= 0.6 is 7.82 Å². The molecular formula is C68H116N2O7P+. The Morgan fingerprint density at radius 3 is 1.38 bits per heavy atom. The number of hydrogen-bond donors (Lipinski definition) is 2.